The van der Waals surface area contributed by atoms with E-state index in [1.165, 1.54) is 0 Å². The Morgan fingerprint density at radius 3 is 2.61 bits per heavy atom. The van der Waals surface area contributed by atoms with Crippen molar-refractivity contribution < 1.29 is 4.74 Å². The van der Waals surface area contributed by atoms with Crippen molar-refractivity contribution >= 4 is 22.7 Å². The quantitative estimate of drug-likeness (QED) is 0.770. The van der Waals surface area contributed by atoms with E-state index < -0.39 is 5.54 Å². The average molecular weight is 309 g/mol. The summed E-state index contributed by atoms with van der Waals surface area (Å²) in [7, 11) is 1.62. The average Bonchev–Trinajstić information content (AvgIpc) is 2.54. The third-order valence-corrected chi connectivity index (χ3v) is 3.66. The van der Waals surface area contributed by atoms with E-state index >= 15 is 0 Å². The smallest absolute Gasteiger partial charge is 0.222 e. The number of rotatable bonds is 4. The molecule has 0 spiro atoms. The first-order chi connectivity index (χ1) is 11.0. The highest BCUT2D eigenvalue weighted by molar-refractivity contribution is 5.95. The zero-order valence-corrected chi connectivity index (χ0v) is 13.4. The molecule has 0 aliphatic rings. The number of hydrogen-bond acceptors (Lipinski definition) is 6. The molecule has 0 amide bonds. The van der Waals surface area contributed by atoms with Crippen LogP contribution in [0.4, 0.5) is 11.8 Å². The number of nitrogens with zero attached hydrogens (tertiary/aromatic N) is 3. The minimum Gasteiger partial charge on any atom is -0.496 e. The fourth-order valence-electron chi connectivity index (χ4n) is 2.52. The van der Waals surface area contributed by atoms with Crippen LogP contribution >= 0.6 is 0 Å². The predicted molar refractivity (Wildman–Crippen MR) is 91.4 cm³/mol. The van der Waals surface area contributed by atoms with Gasteiger partial charge in [-0.1, -0.05) is 12.1 Å². The number of nitrogens with two attached hydrogens (primary N) is 1. The van der Waals surface area contributed by atoms with E-state index in [-0.39, 0.29) is 5.95 Å². The molecule has 0 fully saturated rings. The standard InChI is InChI=1S/C17H19N5O/c1-17(2,13-9-4-5-10-19-13)22-15-14-11(20-16(18)21-15)7-6-8-12(14)23-3/h4-10H,1-3H3,(H3,18,20,21,22). The van der Waals surface area contributed by atoms with Gasteiger partial charge in [-0.25, -0.2) is 4.98 Å². The molecule has 6 heteroatoms. The van der Waals surface area contributed by atoms with E-state index in [2.05, 4.69) is 20.3 Å². The summed E-state index contributed by atoms with van der Waals surface area (Å²) in [5, 5.41) is 4.22. The van der Waals surface area contributed by atoms with Crippen molar-refractivity contribution in [2.45, 2.75) is 19.4 Å². The number of anilines is 2. The van der Waals surface area contributed by atoms with Crippen LogP contribution in [-0.4, -0.2) is 22.1 Å². The second-order valence-electron chi connectivity index (χ2n) is 5.75. The van der Waals surface area contributed by atoms with Crippen molar-refractivity contribution in [2.75, 3.05) is 18.2 Å². The molecule has 3 aromatic rings. The molecule has 3 rings (SSSR count). The van der Waals surface area contributed by atoms with Crippen molar-refractivity contribution in [3.8, 4) is 5.75 Å². The second kappa shape index (κ2) is 5.72. The predicted octanol–water partition coefficient (Wildman–Crippen LogP) is 2.96. The molecular formula is C17H19N5O. The van der Waals surface area contributed by atoms with E-state index in [9.17, 15) is 0 Å². The van der Waals surface area contributed by atoms with Crippen LogP contribution < -0.4 is 15.8 Å². The molecule has 118 valence electrons. The number of fused-ring (bicyclic) bond motifs is 1. The Morgan fingerprint density at radius 2 is 1.91 bits per heavy atom. The van der Waals surface area contributed by atoms with Crippen LogP contribution in [0.25, 0.3) is 10.9 Å². The molecular weight excluding hydrogens is 290 g/mol. The normalized spacial score (nSPS) is 11.4. The first kappa shape index (κ1) is 15.0. The lowest BCUT2D eigenvalue weighted by atomic mass is 9.99. The highest BCUT2D eigenvalue weighted by Crippen LogP contribution is 2.33. The molecule has 0 atom stereocenters. The molecule has 0 aliphatic carbocycles. The lowest BCUT2D eigenvalue weighted by Gasteiger charge is -2.27. The highest BCUT2D eigenvalue weighted by Gasteiger charge is 2.24. The number of methoxy groups -OCH3 is 1. The molecule has 23 heavy (non-hydrogen) atoms. The van der Waals surface area contributed by atoms with E-state index in [0.717, 1.165) is 16.6 Å². The van der Waals surface area contributed by atoms with E-state index in [1.807, 2.05) is 50.2 Å². The number of nitrogens with one attached hydrogen (secondary N) is 1. The van der Waals surface area contributed by atoms with Crippen LogP contribution in [0.1, 0.15) is 19.5 Å². The summed E-state index contributed by atoms with van der Waals surface area (Å²) in [4.78, 5) is 13.1. The molecule has 3 N–H and O–H groups in total. The number of ether oxygens (including phenoxy) is 1. The van der Waals surface area contributed by atoms with Crippen molar-refractivity contribution in [1.82, 2.24) is 15.0 Å². The molecule has 6 nitrogen and oxygen atoms in total. The summed E-state index contributed by atoms with van der Waals surface area (Å²) in [6, 6.07) is 11.5. The maximum Gasteiger partial charge on any atom is 0.222 e. The van der Waals surface area contributed by atoms with Crippen LogP contribution in [0.5, 0.6) is 5.75 Å². The summed E-state index contributed by atoms with van der Waals surface area (Å²) in [6.07, 6.45) is 1.77. The molecule has 1 aromatic carbocycles. The Labute approximate surface area is 134 Å². The largest absolute Gasteiger partial charge is 0.496 e. The van der Waals surface area contributed by atoms with Gasteiger partial charge in [0, 0.05) is 6.20 Å². The Morgan fingerprint density at radius 1 is 1.09 bits per heavy atom. The van der Waals surface area contributed by atoms with Crippen molar-refractivity contribution in [2.24, 2.45) is 0 Å². The van der Waals surface area contributed by atoms with Gasteiger partial charge in [0.1, 0.15) is 11.6 Å². The van der Waals surface area contributed by atoms with Crippen LogP contribution in [-0.2, 0) is 5.54 Å². The van der Waals surface area contributed by atoms with Crippen LogP contribution in [0.15, 0.2) is 42.6 Å². The molecule has 0 bridgehead atoms. The van der Waals surface area contributed by atoms with Gasteiger partial charge < -0.3 is 15.8 Å². The highest BCUT2D eigenvalue weighted by atomic mass is 16.5. The van der Waals surface area contributed by atoms with E-state index in [4.69, 9.17) is 10.5 Å². The zero-order valence-electron chi connectivity index (χ0n) is 13.4. The fraction of sp³-hybridized carbons (Fsp3) is 0.235. The summed E-state index contributed by atoms with van der Waals surface area (Å²) in [5.41, 5.74) is 7.06. The number of nitrogen functional groups attached to an aromatic ring is 1. The van der Waals surface area contributed by atoms with Gasteiger partial charge >= 0.3 is 0 Å². The lowest BCUT2D eigenvalue weighted by Crippen LogP contribution is -2.29. The first-order valence-electron chi connectivity index (χ1n) is 7.31. The zero-order chi connectivity index (χ0) is 16.4. The van der Waals surface area contributed by atoms with Crippen molar-refractivity contribution in [3.05, 3.63) is 48.3 Å². The fourth-order valence-corrected chi connectivity index (χ4v) is 2.52. The number of aromatic nitrogens is 3. The third-order valence-electron chi connectivity index (χ3n) is 3.66. The molecule has 2 heterocycles. The van der Waals surface area contributed by atoms with Gasteiger partial charge in [0.05, 0.1) is 29.2 Å². The van der Waals surface area contributed by atoms with Gasteiger partial charge in [-0.15, -0.1) is 0 Å². The lowest BCUT2D eigenvalue weighted by molar-refractivity contribution is 0.419. The van der Waals surface area contributed by atoms with Gasteiger partial charge in [0.15, 0.2) is 0 Å². The summed E-state index contributed by atoms with van der Waals surface area (Å²) in [6.45, 7) is 4.07. The van der Waals surface area contributed by atoms with Gasteiger partial charge in [-0.05, 0) is 38.1 Å². The number of pyridine rings is 1. The van der Waals surface area contributed by atoms with E-state index in [0.29, 0.717) is 11.6 Å². The monoisotopic (exact) mass is 309 g/mol. The second-order valence-corrected chi connectivity index (χ2v) is 5.75. The maximum atomic E-state index is 5.86. The van der Waals surface area contributed by atoms with Crippen LogP contribution in [0.2, 0.25) is 0 Å². The molecule has 0 aliphatic heterocycles. The molecule has 0 radical (unpaired) electrons. The number of benzene rings is 1. The Bertz CT molecular complexity index is 833. The molecule has 2 aromatic heterocycles. The summed E-state index contributed by atoms with van der Waals surface area (Å²) in [5.74, 6) is 1.53. The molecule has 0 saturated carbocycles. The van der Waals surface area contributed by atoms with E-state index in [1.54, 1.807) is 13.3 Å². The van der Waals surface area contributed by atoms with Gasteiger partial charge in [0.25, 0.3) is 0 Å². The Balaban J connectivity index is 2.13. The van der Waals surface area contributed by atoms with Gasteiger partial charge in [0.2, 0.25) is 5.95 Å². The van der Waals surface area contributed by atoms with Crippen LogP contribution in [0, 0.1) is 0 Å². The Kier molecular flexibility index (Phi) is 3.73. The van der Waals surface area contributed by atoms with Gasteiger partial charge in [-0.2, -0.15) is 4.98 Å². The minimum absolute atomic E-state index is 0.213. The Hall–Kier alpha value is -2.89. The van der Waals surface area contributed by atoms with Crippen LogP contribution in [0.3, 0.4) is 0 Å². The summed E-state index contributed by atoms with van der Waals surface area (Å²) < 4.78 is 5.45. The van der Waals surface area contributed by atoms with Crippen molar-refractivity contribution in [1.29, 1.82) is 0 Å². The minimum atomic E-state index is -0.435. The maximum absolute atomic E-state index is 5.86. The molecule has 0 unspecified atom stereocenters. The van der Waals surface area contributed by atoms with Gasteiger partial charge in [-0.3, -0.25) is 4.98 Å². The topological polar surface area (TPSA) is 86.0 Å². The summed E-state index contributed by atoms with van der Waals surface area (Å²) >= 11 is 0. The van der Waals surface area contributed by atoms with Crippen molar-refractivity contribution in [3.63, 3.8) is 0 Å². The molecule has 0 saturated heterocycles. The SMILES string of the molecule is COc1cccc2nc(N)nc(NC(C)(C)c3ccccn3)c12. The first-order valence-corrected chi connectivity index (χ1v) is 7.31. The third kappa shape index (κ3) is 2.88. The number of hydrogen-bond donors (Lipinski definition) is 2.